The maximum Gasteiger partial charge on any atom is -0.0414 e. The van der Waals surface area contributed by atoms with E-state index in [-0.39, 0.29) is 0 Å². The molecule has 0 aromatic carbocycles. The molecular weight excluding hydrogens is 168 g/mol. The van der Waals surface area contributed by atoms with Crippen LogP contribution in [-0.2, 0) is 0 Å². The molecule has 0 aliphatic heterocycles. The van der Waals surface area contributed by atoms with Gasteiger partial charge in [-0.05, 0) is 11.8 Å². The van der Waals surface area contributed by atoms with E-state index in [4.69, 9.17) is 0 Å². The Morgan fingerprint density at radius 2 is 1.00 bits per heavy atom. The minimum Gasteiger partial charge on any atom is -0.0533 e. The van der Waals surface area contributed by atoms with Crippen molar-refractivity contribution < 1.29 is 0 Å². The second kappa shape index (κ2) is 5.78. The van der Waals surface area contributed by atoms with E-state index in [2.05, 4.69) is 0 Å². The highest BCUT2D eigenvalue weighted by Crippen LogP contribution is 2.32. The Labute approximate surface area is 89.5 Å². The number of hydrogen-bond donors (Lipinski definition) is 0. The zero-order chi connectivity index (χ0) is 9.64. The monoisotopic (exact) mass is 194 g/mol. The highest BCUT2D eigenvalue weighted by Gasteiger charge is 2.16. The van der Waals surface area contributed by atoms with Crippen LogP contribution < -0.4 is 0 Å². The summed E-state index contributed by atoms with van der Waals surface area (Å²) in [6.07, 6.45) is 18.4. The van der Waals surface area contributed by atoms with Crippen LogP contribution >= 0.6 is 0 Å². The molecule has 14 heavy (non-hydrogen) atoms. The van der Waals surface area contributed by atoms with Crippen LogP contribution in [0.3, 0.4) is 0 Å². The first-order valence-electron chi connectivity index (χ1n) is 6.95. The van der Waals surface area contributed by atoms with Gasteiger partial charge in [-0.15, -0.1) is 0 Å². The van der Waals surface area contributed by atoms with Crippen LogP contribution in [-0.4, -0.2) is 0 Å². The molecule has 2 rings (SSSR count). The van der Waals surface area contributed by atoms with Crippen molar-refractivity contribution in [2.24, 2.45) is 11.8 Å². The summed E-state index contributed by atoms with van der Waals surface area (Å²) in [5.41, 5.74) is 0. The quantitative estimate of drug-likeness (QED) is 0.595. The van der Waals surface area contributed by atoms with Crippen molar-refractivity contribution in [3.63, 3.8) is 0 Å². The molecule has 2 fully saturated rings. The van der Waals surface area contributed by atoms with Gasteiger partial charge in [0.2, 0.25) is 0 Å². The van der Waals surface area contributed by atoms with Crippen molar-refractivity contribution in [3.05, 3.63) is 0 Å². The molecule has 82 valence electrons. The lowest BCUT2D eigenvalue weighted by molar-refractivity contribution is 0.318. The molecular formula is C14H26. The first kappa shape index (κ1) is 10.5. The van der Waals surface area contributed by atoms with Gasteiger partial charge in [0, 0.05) is 0 Å². The summed E-state index contributed by atoms with van der Waals surface area (Å²) < 4.78 is 0. The summed E-state index contributed by atoms with van der Waals surface area (Å²) in [5, 5.41) is 0. The topological polar surface area (TPSA) is 0 Å². The molecule has 0 radical (unpaired) electrons. The molecule has 2 aliphatic carbocycles. The molecule has 0 nitrogen and oxygen atoms in total. The van der Waals surface area contributed by atoms with Crippen LogP contribution in [0.2, 0.25) is 0 Å². The van der Waals surface area contributed by atoms with Gasteiger partial charge in [-0.2, -0.15) is 0 Å². The number of rotatable bonds is 4. The fourth-order valence-electron chi connectivity index (χ4n) is 3.47. The first-order valence-corrected chi connectivity index (χ1v) is 6.95. The SMILES string of the molecule is C1CCC(CCCC2CCCC2)CC1. The van der Waals surface area contributed by atoms with Crippen molar-refractivity contribution >= 4 is 0 Å². The molecule has 0 N–H and O–H groups in total. The highest BCUT2D eigenvalue weighted by molar-refractivity contribution is 4.70. The normalized spacial score (nSPS) is 25.7. The first-order chi connectivity index (χ1) is 6.95. The Morgan fingerprint density at radius 1 is 0.571 bits per heavy atom. The summed E-state index contributed by atoms with van der Waals surface area (Å²) in [4.78, 5) is 0. The Bertz CT molecular complexity index is 138. The van der Waals surface area contributed by atoms with E-state index in [0.29, 0.717) is 0 Å². The second-order valence-corrected chi connectivity index (χ2v) is 5.59. The van der Waals surface area contributed by atoms with E-state index in [1.54, 1.807) is 38.5 Å². The average Bonchev–Trinajstić information content (AvgIpc) is 2.72. The van der Waals surface area contributed by atoms with Crippen LogP contribution in [0.1, 0.15) is 77.0 Å². The molecule has 2 aliphatic rings. The van der Waals surface area contributed by atoms with Crippen LogP contribution in [0.15, 0.2) is 0 Å². The zero-order valence-electron chi connectivity index (χ0n) is 9.64. The van der Waals surface area contributed by atoms with Gasteiger partial charge in [-0.3, -0.25) is 0 Å². The van der Waals surface area contributed by atoms with E-state index in [1.165, 1.54) is 38.5 Å². The van der Waals surface area contributed by atoms with Gasteiger partial charge >= 0.3 is 0 Å². The molecule has 0 heteroatoms. The third kappa shape index (κ3) is 3.29. The minimum atomic E-state index is 1.12. The van der Waals surface area contributed by atoms with Gasteiger partial charge in [-0.1, -0.05) is 77.0 Å². The Balaban J connectivity index is 1.52. The Hall–Kier alpha value is 0. The van der Waals surface area contributed by atoms with Crippen LogP contribution in [0.5, 0.6) is 0 Å². The zero-order valence-corrected chi connectivity index (χ0v) is 9.64. The largest absolute Gasteiger partial charge is 0.0533 e. The fourth-order valence-corrected chi connectivity index (χ4v) is 3.47. The maximum absolute atomic E-state index is 1.55. The third-order valence-electron chi connectivity index (χ3n) is 4.42. The Morgan fingerprint density at radius 3 is 1.50 bits per heavy atom. The van der Waals surface area contributed by atoms with E-state index in [0.717, 1.165) is 11.8 Å². The van der Waals surface area contributed by atoms with Crippen molar-refractivity contribution in [2.45, 2.75) is 77.0 Å². The molecule has 0 aromatic heterocycles. The van der Waals surface area contributed by atoms with Crippen molar-refractivity contribution in [1.29, 1.82) is 0 Å². The Kier molecular flexibility index (Phi) is 4.34. The van der Waals surface area contributed by atoms with Gasteiger partial charge in [-0.25, -0.2) is 0 Å². The lowest BCUT2D eigenvalue weighted by Crippen LogP contribution is -2.06. The summed E-state index contributed by atoms with van der Waals surface area (Å²) in [5.74, 6) is 2.24. The van der Waals surface area contributed by atoms with Crippen LogP contribution in [0, 0.1) is 11.8 Å². The predicted octanol–water partition coefficient (Wildman–Crippen LogP) is 4.93. The number of hydrogen-bond acceptors (Lipinski definition) is 0. The van der Waals surface area contributed by atoms with Crippen LogP contribution in [0.25, 0.3) is 0 Å². The van der Waals surface area contributed by atoms with Gasteiger partial charge in [0.05, 0.1) is 0 Å². The highest BCUT2D eigenvalue weighted by atomic mass is 14.2. The summed E-state index contributed by atoms with van der Waals surface area (Å²) in [7, 11) is 0. The van der Waals surface area contributed by atoms with E-state index in [1.807, 2.05) is 0 Å². The summed E-state index contributed by atoms with van der Waals surface area (Å²) >= 11 is 0. The van der Waals surface area contributed by atoms with Crippen molar-refractivity contribution in [2.75, 3.05) is 0 Å². The summed E-state index contributed by atoms with van der Waals surface area (Å²) in [6, 6.07) is 0. The maximum atomic E-state index is 1.55. The predicted molar refractivity (Wildman–Crippen MR) is 62.4 cm³/mol. The van der Waals surface area contributed by atoms with Gasteiger partial charge in [0.25, 0.3) is 0 Å². The lowest BCUT2D eigenvalue weighted by atomic mass is 9.85. The van der Waals surface area contributed by atoms with Gasteiger partial charge in [0.15, 0.2) is 0 Å². The molecule has 2 saturated carbocycles. The average molecular weight is 194 g/mol. The molecule has 0 atom stereocenters. The van der Waals surface area contributed by atoms with E-state index in [9.17, 15) is 0 Å². The third-order valence-corrected chi connectivity index (χ3v) is 4.42. The van der Waals surface area contributed by atoms with Gasteiger partial charge < -0.3 is 0 Å². The fraction of sp³-hybridized carbons (Fsp3) is 1.00. The van der Waals surface area contributed by atoms with E-state index < -0.39 is 0 Å². The second-order valence-electron chi connectivity index (χ2n) is 5.59. The molecule has 0 saturated heterocycles. The minimum absolute atomic E-state index is 1.12. The van der Waals surface area contributed by atoms with E-state index >= 15 is 0 Å². The summed E-state index contributed by atoms with van der Waals surface area (Å²) in [6.45, 7) is 0. The smallest absolute Gasteiger partial charge is 0.0414 e. The molecule has 0 amide bonds. The van der Waals surface area contributed by atoms with Crippen LogP contribution in [0.4, 0.5) is 0 Å². The molecule has 0 bridgehead atoms. The molecule has 0 heterocycles. The van der Waals surface area contributed by atoms with Crippen molar-refractivity contribution in [3.8, 4) is 0 Å². The molecule has 0 spiro atoms. The standard InChI is InChI=1S/C14H26/c1-2-7-13(8-3-1)11-6-12-14-9-4-5-10-14/h13-14H,1-12H2. The van der Waals surface area contributed by atoms with Crippen molar-refractivity contribution in [1.82, 2.24) is 0 Å². The molecule has 0 unspecified atom stereocenters. The van der Waals surface area contributed by atoms with Gasteiger partial charge in [0.1, 0.15) is 0 Å². The molecule has 0 aromatic rings. The lowest BCUT2D eigenvalue weighted by Gasteiger charge is -2.21.